The van der Waals surface area contributed by atoms with Gasteiger partial charge in [0.05, 0.1) is 6.42 Å². The molecule has 1 fully saturated rings. The second kappa shape index (κ2) is 3.87. The van der Waals surface area contributed by atoms with Crippen molar-refractivity contribution >= 4 is 5.97 Å². The highest BCUT2D eigenvalue weighted by molar-refractivity contribution is 5.67. The minimum atomic E-state index is -0.706. The van der Waals surface area contributed by atoms with Crippen molar-refractivity contribution < 1.29 is 9.90 Å². The molecule has 70 valence electrons. The quantitative estimate of drug-likeness (QED) is 0.621. The highest BCUT2D eigenvalue weighted by Gasteiger charge is 2.23. The van der Waals surface area contributed by atoms with E-state index in [4.69, 9.17) is 5.11 Å². The highest BCUT2D eigenvalue weighted by Crippen LogP contribution is 2.08. The number of rotatable bonds is 2. The Morgan fingerprint density at radius 2 is 2.17 bits per heavy atom. The molecule has 0 unspecified atom stereocenters. The maximum absolute atomic E-state index is 10.5. The Balaban J connectivity index is 2.43. The summed E-state index contributed by atoms with van der Waals surface area (Å²) in [5.41, 5.74) is 0. The van der Waals surface area contributed by atoms with E-state index in [-0.39, 0.29) is 12.5 Å². The van der Waals surface area contributed by atoms with Crippen LogP contribution in [0.3, 0.4) is 0 Å². The fraction of sp³-hybridized carbons (Fsp3) is 0.875. The predicted octanol–water partition coefficient (Wildman–Crippen LogP) is -0.293. The SMILES string of the molecule is CN1CCN(C)[C@H](CC(=O)O)C1. The number of carboxylic acids is 1. The van der Waals surface area contributed by atoms with Crippen molar-refractivity contribution in [3.05, 3.63) is 0 Å². The molecule has 0 amide bonds. The smallest absolute Gasteiger partial charge is 0.304 e. The molecule has 4 nitrogen and oxygen atoms in total. The van der Waals surface area contributed by atoms with E-state index in [9.17, 15) is 4.79 Å². The van der Waals surface area contributed by atoms with Crippen LogP contribution in [0.25, 0.3) is 0 Å². The van der Waals surface area contributed by atoms with Gasteiger partial charge in [-0.15, -0.1) is 0 Å². The first-order valence-electron chi connectivity index (χ1n) is 4.20. The molecule has 1 aliphatic rings. The largest absolute Gasteiger partial charge is 0.481 e. The molecule has 4 heteroatoms. The lowest BCUT2D eigenvalue weighted by molar-refractivity contribution is -0.138. The predicted molar refractivity (Wildman–Crippen MR) is 46.2 cm³/mol. The van der Waals surface area contributed by atoms with Crippen LogP contribution >= 0.6 is 0 Å². The standard InChI is InChI=1S/C8H16N2O2/c1-9-3-4-10(2)7(6-9)5-8(11)12/h7H,3-6H2,1-2H3,(H,11,12)/t7-/m1/s1. The molecule has 0 aliphatic carbocycles. The normalized spacial score (nSPS) is 27.3. The van der Waals surface area contributed by atoms with Gasteiger partial charge in [-0.3, -0.25) is 4.79 Å². The van der Waals surface area contributed by atoms with E-state index >= 15 is 0 Å². The molecule has 12 heavy (non-hydrogen) atoms. The third-order valence-electron chi connectivity index (χ3n) is 2.39. The summed E-state index contributed by atoms with van der Waals surface area (Å²) in [4.78, 5) is 14.8. The molecule has 0 bridgehead atoms. The lowest BCUT2D eigenvalue weighted by Gasteiger charge is -2.36. The summed E-state index contributed by atoms with van der Waals surface area (Å²) in [5.74, 6) is -0.706. The van der Waals surface area contributed by atoms with E-state index in [2.05, 4.69) is 9.80 Å². The maximum atomic E-state index is 10.5. The Morgan fingerprint density at radius 1 is 1.50 bits per heavy atom. The van der Waals surface area contributed by atoms with Crippen molar-refractivity contribution in [1.82, 2.24) is 9.80 Å². The Bertz CT molecular complexity index is 172. The van der Waals surface area contributed by atoms with Crippen molar-refractivity contribution in [2.24, 2.45) is 0 Å². The van der Waals surface area contributed by atoms with Gasteiger partial charge in [0.25, 0.3) is 0 Å². The average molecular weight is 172 g/mol. The van der Waals surface area contributed by atoms with E-state index in [1.807, 2.05) is 14.1 Å². The molecular weight excluding hydrogens is 156 g/mol. The van der Waals surface area contributed by atoms with Gasteiger partial charge in [-0.25, -0.2) is 0 Å². The summed E-state index contributed by atoms with van der Waals surface area (Å²) in [7, 11) is 4.02. The Labute approximate surface area is 72.8 Å². The van der Waals surface area contributed by atoms with Crippen molar-refractivity contribution in [2.75, 3.05) is 33.7 Å². The molecule has 0 aromatic heterocycles. The topological polar surface area (TPSA) is 43.8 Å². The lowest BCUT2D eigenvalue weighted by Crippen LogP contribution is -2.50. The van der Waals surface area contributed by atoms with E-state index < -0.39 is 5.97 Å². The summed E-state index contributed by atoms with van der Waals surface area (Å²) in [6, 6.07) is 0.182. The van der Waals surface area contributed by atoms with Crippen molar-refractivity contribution in [1.29, 1.82) is 0 Å². The van der Waals surface area contributed by atoms with E-state index in [0.29, 0.717) is 0 Å². The second-order valence-corrected chi connectivity index (χ2v) is 3.49. The van der Waals surface area contributed by atoms with Gasteiger partial charge in [0.2, 0.25) is 0 Å². The van der Waals surface area contributed by atoms with Crippen LogP contribution in [0, 0.1) is 0 Å². The fourth-order valence-electron chi connectivity index (χ4n) is 1.52. The Kier molecular flexibility index (Phi) is 3.05. The van der Waals surface area contributed by atoms with Gasteiger partial charge in [-0.2, -0.15) is 0 Å². The monoisotopic (exact) mass is 172 g/mol. The number of aliphatic carboxylic acids is 1. The molecule has 1 atom stereocenters. The van der Waals surface area contributed by atoms with Crippen molar-refractivity contribution in [3.8, 4) is 0 Å². The zero-order chi connectivity index (χ0) is 9.14. The number of hydrogen-bond acceptors (Lipinski definition) is 3. The van der Waals surface area contributed by atoms with Crippen LogP contribution in [0.15, 0.2) is 0 Å². The number of nitrogens with zero attached hydrogens (tertiary/aromatic N) is 2. The summed E-state index contributed by atoms with van der Waals surface area (Å²) in [6.45, 7) is 2.86. The summed E-state index contributed by atoms with van der Waals surface area (Å²) >= 11 is 0. The first-order chi connectivity index (χ1) is 5.59. The first kappa shape index (κ1) is 9.48. The minimum absolute atomic E-state index is 0.182. The molecular formula is C8H16N2O2. The van der Waals surface area contributed by atoms with E-state index in [1.54, 1.807) is 0 Å². The Hall–Kier alpha value is -0.610. The molecule has 1 aliphatic heterocycles. The van der Waals surface area contributed by atoms with Crippen LogP contribution < -0.4 is 0 Å². The minimum Gasteiger partial charge on any atom is -0.481 e. The molecule has 0 saturated carbocycles. The van der Waals surface area contributed by atoms with Gasteiger partial charge < -0.3 is 14.9 Å². The molecule has 1 heterocycles. The summed E-state index contributed by atoms with van der Waals surface area (Å²) < 4.78 is 0. The first-order valence-corrected chi connectivity index (χ1v) is 4.20. The van der Waals surface area contributed by atoms with Crippen LogP contribution in [0.5, 0.6) is 0 Å². The fourth-order valence-corrected chi connectivity index (χ4v) is 1.52. The van der Waals surface area contributed by atoms with Gasteiger partial charge in [0, 0.05) is 25.7 Å². The number of hydrogen-bond donors (Lipinski definition) is 1. The van der Waals surface area contributed by atoms with Gasteiger partial charge in [0.15, 0.2) is 0 Å². The van der Waals surface area contributed by atoms with E-state index in [1.165, 1.54) is 0 Å². The zero-order valence-electron chi connectivity index (χ0n) is 7.66. The van der Waals surface area contributed by atoms with Crippen LogP contribution in [0.4, 0.5) is 0 Å². The second-order valence-electron chi connectivity index (χ2n) is 3.49. The molecule has 0 aromatic carbocycles. The van der Waals surface area contributed by atoms with Crippen LogP contribution in [-0.2, 0) is 4.79 Å². The lowest BCUT2D eigenvalue weighted by atomic mass is 10.1. The van der Waals surface area contributed by atoms with Gasteiger partial charge in [-0.1, -0.05) is 0 Å². The van der Waals surface area contributed by atoms with Gasteiger partial charge >= 0.3 is 5.97 Å². The maximum Gasteiger partial charge on any atom is 0.304 e. The summed E-state index contributed by atoms with van der Waals surface area (Å²) in [6.07, 6.45) is 0.251. The number of likely N-dealkylation sites (N-methyl/N-ethyl adjacent to an activating group) is 2. The molecule has 1 N–H and O–H groups in total. The number of carbonyl (C=O) groups is 1. The average Bonchev–Trinajstić information content (AvgIpc) is 1.96. The molecule has 1 saturated heterocycles. The van der Waals surface area contributed by atoms with Crippen molar-refractivity contribution in [2.45, 2.75) is 12.5 Å². The van der Waals surface area contributed by atoms with Gasteiger partial charge in [0.1, 0.15) is 0 Å². The third kappa shape index (κ3) is 2.46. The highest BCUT2D eigenvalue weighted by atomic mass is 16.4. The summed E-state index contributed by atoms with van der Waals surface area (Å²) in [5, 5.41) is 8.62. The van der Waals surface area contributed by atoms with Crippen molar-refractivity contribution in [3.63, 3.8) is 0 Å². The third-order valence-corrected chi connectivity index (χ3v) is 2.39. The molecule has 0 spiro atoms. The van der Waals surface area contributed by atoms with E-state index in [0.717, 1.165) is 19.6 Å². The van der Waals surface area contributed by atoms with Gasteiger partial charge in [-0.05, 0) is 14.1 Å². The zero-order valence-corrected chi connectivity index (χ0v) is 7.66. The van der Waals surface area contributed by atoms with Crippen LogP contribution in [-0.4, -0.2) is 60.6 Å². The Morgan fingerprint density at radius 3 is 2.75 bits per heavy atom. The molecule has 1 rings (SSSR count). The molecule has 0 radical (unpaired) electrons. The number of piperazine rings is 1. The number of carboxylic acid groups (broad SMARTS) is 1. The molecule has 0 aromatic rings. The van der Waals surface area contributed by atoms with Crippen LogP contribution in [0.1, 0.15) is 6.42 Å². The van der Waals surface area contributed by atoms with Crippen LogP contribution in [0.2, 0.25) is 0 Å².